The second-order valence-corrected chi connectivity index (χ2v) is 5.52. The largest absolute Gasteiger partial charge is 0.395 e. The Hall–Kier alpha value is -3.26. The summed E-state index contributed by atoms with van der Waals surface area (Å²) in [5.41, 5.74) is 3.09. The number of hydrogen-bond donors (Lipinski definition) is 4. The van der Waals surface area contributed by atoms with E-state index in [0.29, 0.717) is 11.4 Å². The van der Waals surface area contributed by atoms with Crippen molar-refractivity contribution in [3.63, 3.8) is 0 Å². The molecule has 136 valence electrons. The van der Waals surface area contributed by atoms with Gasteiger partial charge in [0.05, 0.1) is 13.0 Å². The predicted octanol–water partition coefficient (Wildman–Crippen LogP) is 0.769. The molecule has 0 saturated carbocycles. The van der Waals surface area contributed by atoms with E-state index >= 15 is 0 Å². The van der Waals surface area contributed by atoms with Crippen LogP contribution in [0.1, 0.15) is 13.3 Å². The maximum atomic E-state index is 12.2. The maximum absolute atomic E-state index is 12.2. The van der Waals surface area contributed by atoms with Gasteiger partial charge in [-0.15, -0.1) is 0 Å². The van der Waals surface area contributed by atoms with E-state index in [1.165, 1.54) is 0 Å². The first-order valence-electron chi connectivity index (χ1n) is 8.01. The Morgan fingerprint density at radius 2 is 1.77 bits per heavy atom. The van der Waals surface area contributed by atoms with E-state index in [1.807, 2.05) is 36.4 Å². The van der Waals surface area contributed by atoms with Crippen molar-refractivity contribution in [2.24, 2.45) is 5.10 Å². The first-order valence-corrected chi connectivity index (χ1v) is 8.01. The van der Waals surface area contributed by atoms with Crippen molar-refractivity contribution in [1.29, 1.82) is 0 Å². The normalized spacial score (nSPS) is 11.1. The molecule has 26 heavy (non-hydrogen) atoms. The van der Waals surface area contributed by atoms with Gasteiger partial charge in [-0.25, -0.2) is 5.43 Å². The summed E-state index contributed by atoms with van der Waals surface area (Å²) in [5, 5.41) is 19.3. The van der Waals surface area contributed by atoms with Gasteiger partial charge in [-0.2, -0.15) is 5.10 Å². The fourth-order valence-corrected chi connectivity index (χ4v) is 2.25. The highest BCUT2D eigenvalue weighted by molar-refractivity contribution is 6.35. The molecule has 2 aromatic carbocycles. The third-order valence-electron chi connectivity index (χ3n) is 3.43. The Labute approximate surface area is 150 Å². The van der Waals surface area contributed by atoms with E-state index < -0.39 is 11.8 Å². The Balaban J connectivity index is 1.92. The van der Waals surface area contributed by atoms with Crippen molar-refractivity contribution in [1.82, 2.24) is 10.7 Å². The quantitative estimate of drug-likeness (QED) is 0.347. The van der Waals surface area contributed by atoms with Crippen molar-refractivity contribution in [3.05, 3.63) is 42.5 Å². The van der Waals surface area contributed by atoms with Crippen LogP contribution in [0.2, 0.25) is 0 Å². The summed E-state index contributed by atoms with van der Waals surface area (Å²) in [7, 11) is 0. The van der Waals surface area contributed by atoms with Crippen molar-refractivity contribution < 1.29 is 19.5 Å². The minimum Gasteiger partial charge on any atom is -0.395 e. The molecular weight excluding hydrogens is 336 g/mol. The molecule has 0 heterocycles. The van der Waals surface area contributed by atoms with Crippen molar-refractivity contribution in [3.8, 4) is 0 Å². The number of aliphatic hydroxyl groups is 1. The fraction of sp³-hybridized carbons (Fsp3) is 0.222. The number of fused-ring (bicyclic) bond motifs is 1. The van der Waals surface area contributed by atoms with Crippen LogP contribution in [-0.4, -0.2) is 41.7 Å². The van der Waals surface area contributed by atoms with Gasteiger partial charge in [-0.3, -0.25) is 14.4 Å². The fourth-order valence-electron chi connectivity index (χ4n) is 2.25. The van der Waals surface area contributed by atoms with Gasteiger partial charge in [0.25, 0.3) is 0 Å². The molecule has 0 aliphatic carbocycles. The van der Waals surface area contributed by atoms with Crippen LogP contribution in [0, 0.1) is 0 Å². The zero-order valence-corrected chi connectivity index (χ0v) is 14.3. The van der Waals surface area contributed by atoms with Crippen LogP contribution >= 0.6 is 0 Å². The second-order valence-electron chi connectivity index (χ2n) is 5.52. The summed E-state index contributed by atoms with van der Waals surface area (Å²) >= 11 is 0. The first kappa shape index (κ1) is 19.1. The van der Waals surface area contributed by atoms with Crippen LogP contribution in [0.4, 0.5) is 5.69 Å². The van der Waals surface area contributed by atoms with E-state index in [1.54, 1.807) is 13.0 Å². The molecule has 0 unspecified atom stereocenters. The molecule has 0 radical (unpaired) electrons. The van der Waals surface area contributed by atoms with Crippen LogP contribution in [0.15, 0.2) is 47.6 Å². The highest BCUT2D eigenvalue weighted by atomic mass is 16.3. The number of rotatable bonds is 6. The summed E-state index contributed by atoms with van der Waals surface area (Å²) in [5.74, 6) is -2.16. The predicted molar refractivity (Wildman–Crippen MR) is 98.5 cm³/mol. The van der Waals surface area contributed by atoms with E-state index in [2.05, 4.69) is 21.2 Å². The number of aliphatic hydroxyl groups excluding tert-OH is 1. The molecule has 8 heteroatoms. The van der Waals surface area contributed by atoms with Crippen LogP contribution < -0.4 is 16.1 Å². The van der Waals surface area contributed by atoms with Gasteiger partial charge in [0, 0.05) is 23.3 Å². The third kappa shape index (κ3) is 5.38. The van der Waals surface area contributed by atoms with E-state index in [4.69, 9.17) is 5.11 Å². The van der Waals surface area contributed by atoms with Gasteiger partial charge in [-0.05, 0) is 18.4 Å². The molecule has 0 aromatic heterocycles. The van der Waals surface area contributed by atoms with E-state index in [9.17, 15) is 14.4 Å². The molecule has 2 rings (SSSR count). The number of amides is 3. The summed E-state index contributed by atoms with van der Waals surface area (Å²) < 4.78 is 0. The number of benzene rings is 2. The Kier molecular flexibility index (Phi) is 6.81. The number of hydrogen-bond acceptors (Lipinski definition) is 5. The third-order valence-corrected chi connectivity index (χ3v) is 3.43. The molecule has 0 bridgehead atoms. The Morgan fingerprint density at radius 1 is 1.04 bits per heavy atom. The molecule has 0 saturated heterocycles. The maximum Gasteiger partial charge on any atom is 0.329 e. The SMILES string of the molecule is C/C(CC(=O)Nc1cccc2ccccc12)=N/NC(=O)C(=O)NCCO. The van der Waals surface area contributed by atoms with Crippen molar-refractivity contribution >= 4 is 39.9 Å². The van der Waals surface area contributed by atoms with Crippen LogP contribution in [0.3, 0.4) is 0 Å². The van der Waals surface area contributed by atoms with E-state index in [0.717, 1.165) is 10.8 Å². The average Bonchev–Trinajstić information content (AvgIpc) is 2.64. The molecule has 0 spiro atoms. The monoisotopic (exact) mass is 356 g/mol. The minimum absolute atomic E-state index is 0.0254. The number of carbonyl (C=O) groups is 3. The Morgan fingerprint density at radius 3 is 2.54 bits per heavy atom. The van der Waals surface area contributed by atoms with Crippen molar-refractivity contribution in [2.45, 2.75) is 13.3 Å². The lowest BCUT2D eigenvalue weighted by Gasteiger charge is -2.09. The Bertz CT molecular complexity index is 843. The minimum atomic E-state index is -0.965. The molecule has 0 fully saturated rings. The molecule has 2 aromatic rings. The van der Waals surface area contributed by atoms with Gasteiger partial charge in [0.2, 0.25) is 5.91 Å². The standard InChI is InChI=1S/C18H20N4O4/c1-12(21-22-18(26)17(25)19-9-10-23)11-16(24)20-15-8-4-6-13-5-2-3-7-14(13)15/h2-8,23H,9-11H2,1H3,(H,19,25)(H,20,24)(H,22,26)/b21-12-. The molecule has 3 amide bonds. The first-order chi connectivity index (χ1) is 12.5. The average molecular weight is 356 g/mol. The van der Waals surface area contributed by atoms with Gasteiger partial charge >= 0.3 is 11.8 Å². The zero-order chi connectivity index (χ0) is 18.9. The van der Waals surface area contributed by atoms with Gasteiger partial charge < -0.3 is 15.7 Å². The number of nitrogens with one attached hydrogen (secondary N) is 3. The number of anilines is 1. The zero-order valence-electron chi connectivity index (χ0n) is 14.3. The smallest absolute Gasteiger partial charge is 0.329 e. The molecule has 4 N–H and O–H groups in total. The van der Waals surface area contributed by atoms with Crippen molar-refractivity contribution in [2.75, 3.05) is 18.5 Å². The lowest BCUT2D eigenvalue weighted by molar-refractivity contribution is -0.139. The molecule has 8 nitrogen and oxygen atoms in total. The lowest BCUT2D eigenvalue weighted by atomic mass is 10.1. The second kappa shape index (κ2) is 9.28. The van der Waals surface area contributed by atoms with Crippen LogP contribution in [0.5, 0.6) is 0 Å². The van der Waals surface area contributed by atoms with Gasteiger partial charge in [0.15, 0.2) is 0 Å². The summed E-state index contributed by atoms with van der Waals surface area (Å²) in [4.78, 5) is 35.0. The highest BCUT2D eigenvalue weighted by Crippen LogP contribution is 2.22. The summed E-state index contributed by atoms with van der Waals surface area (Å²) in [6, 6.07) is 13.3. The van der Waals surface area contributed by atoms with Crippen LogP contribution in [0.25, 0.3) is 10.8 Å². The topological polar surface area (TPSA) is 120 Å². The van der Waals surface area contributed by atoms with Gasteiger partial charge in [-0.1, -0.05) is 36.4 Å². The molecule has 0 atom stereocenters. The number of nitrogens with zero attached hydrogens (tertiary/aromatic N) is 1. The highest BCUT2D eigenvalue weighted by Gasteiger charge is 2.12. The summed E-state index contributed by atoms with van der Waals surface area (Å²) in [6.45, 7) is 1.27. The van der Waals surface area contributed by atoms with Gasteiger partial charge in [0.1, 0.15) is 0 Å². The molecule has 0 aliphatic rings. The van der Waals surface area contributed by atoms with Crippen LogP contribution in [-0.2, 0) is 14.4 Å². The lowest BCUT2D eigenvalue weighted by Crippen LogP contribution is -2.39. The molecular formula is C18H20N4O4. The molecule has 0 aliphatic heterocycles. The number of hydrazone groups is 1. The summed E-state index contributed by atoms with van der Waals surface area (Å²) in [6.07, 6.45) is -0.0399. The number of carbonyl (C=O) groups excluding carboxylic acids is 3. The van der Waals surface area contributed by atoms with E-state index in [-0.39, 0.29) is 25.5 Å².